The van der Waals surface area contributed by atoms with Gasteiger partial charge in [0.25, 0.3) is 15.9 Å². The minimum Gasteiger partial charge on any atom is -0.497 e. The van der Waals surface area contributed by atoms with E-state index in [1.54, 1.807) is 17.8 Å². The molecule has 0 amide bonds. The van der Waals surface area contributed by atoms with Crippen LogP contribution in [-0.2, 0) is 16.6 Å². The maximum absolute atomic E-state index is 12.7. The number of benzene rings is 1. The van der Waals surface area contributed by atoms with Crippen LogP contribution in [0.15, 0.2) is 46.3 Å². The third-order valence-electron chi connectivity index (χ3n) is 4.87. The van der Waals surface area contributed by atoms with E-state index >= 15 is 0 Å². The summed E-state index contributed by atoms with van der Waals surface area (Å²) in [6, 6.07) is 7.58. The van der Waals surface area contributed by atoms with Gasteiger partial charge in [-0.3, -0.25) is 0 Å². The van der Waals surface area contributed by atoms with E-state index < -0.39 is 10.0 Å². The predicted molar refractivity (Wildman–Crippen MR) is 110 cm³/mol. The predicted octanol–water partition coefficient (Wildman–Crippen LogP) is 2.67. The van der Waals surface area contributed by atoms with Crippen LogP contribution in [0.5, 0.6) is 5.75 Å². The average Bonchev–Trinajstić information content (AvgIpc) is 3.43. The number of hydrogen-bond donors (Lipinski definition) is 0. The fraction of sp³-hybridized carbons (Fsp3) is 0.350. The van der Waals surface area contributed by atoms with E-state index in [1.165, 1.54) is 16.8 Å². The zero-order chi connectivity index (χ0) is 21.0. The number of piperidine rings is 1. The summed E-state index contributed by atoms with van der Waals surface area (Å²) >= 11 is 0. The molecular weight excluding hydrogens is 406 g/mol. The quantitative estimate of drug-likeness (QED) is 0.569. The molecule has 0 N–H and O–H groups in total. The zero-order valence-electron chi connectivity index (χ0n) is 16.6. The van der Waals surface area contributed by atoms with E-state index in [0.29, 0.717) is 24.8 Å². The van der Waals surface area contributed by atoms with Crippen molar-refractivity contribution in [1.82, 2.24) is 24.0 Å². The number of imidazole rings is 1. The summed E-state index contributed by atoms with van der Waals surface area (Å²) in [5.41, 5.74) is 0.970. The van der Waals surface area contributed by atoms with E-state index in [4.69, 9.17) is 9.26 Å². The van der Waals surface area contributed by atoms with Crippen LogP contribution >= 0.6 is 0 Å². The molecule has 30 heavy (non-hydrogen) atoms. The lowest BCUT2D eigenvalue weighted by Crippen LogP contribution is -2.35. The summed E-state index contributed by atoms with van der Waals surface area (Å²) in [7, 11) is -1.93. The lowest BCUT2D eigenvalue weighted by atomic mass is 10.2. The van der Waals surface area contributed by atoms with Gasteiger partial charge in [0.2, 0.25) is 0 Å². The number of aromatic nitrogens is 4. The second-order valence-corrected chi connectivity index (χ2v) is 8.89. The number of hydrogen-bond acceptors (Lipinski definition) is 7. The van der Waals surface area contributed by atoms with E-state index in [0.717, 1.165) is 30.6 Å². The Morgan fingerprint density at radius 1 is 1.13 bits per heavy atom. The lowest BCUT2D eigenvalue weighted by molar-refractivity contribution is 0.345. The average molecular weight is 430 g/mol. The Balaban J connectivity index is 1.41. The van der Waals surface area contributed by atoms with Gasteiger partial charge in [-0.1, -0.05) is 23.7 Å². The maximum Gasteiger partial charge on any atom is 0.262 e. The first kappa shape index (κ1) is 20.3. The highest BCUT2D eigenvalue weighted by atomic mass is 32.2. The molecule has 1 fully saturated rings. The zero-order valence-corrected chi connectivity index (χ0v) is 17.5. The van der Waals surface area contributed by atoms with Crippen LogP contribution in [0.4, 0.5) is 0 Å². The van der Waals surface area contributed by atoms with Crippen molar-refractivity contribution in [3.05, 3.63) is 54.1 Å². The van der Waals surface area contributed by atoms with Crippen molar-refractivity contribution in [3.8, 4) is 5.75 Å². The summed E-state index contributed by atoms with van der Waals surface area (Å²) in [6.07, 6.45) is 9.39. The number of methoxy groups -OCH3 is 1. The van der Waals surface area contributed by atoms with Crippen LogP contribution < -0.4 is 4.74 Å². The Morgan fingerprint density at radius 2 is 1.90 bits per heavy atom. The molecule has 0 saturated carbocycles. The molecule has 3 heterocycles. The highest BCUT2D eigenvalue weighted by Gasteiger charge is 2.28. The van der Waals surface area contributed by atoms with Gasteiger partial charge in [0.05, 0.1) is 20.0 Å². The van der Waals surface area contributed by atoms with Crippen molar-refractivity contribution in [1.29, 1.82) is 0 Å². The van der Waals surface area contributed by atoms with Gasteiger partial charge >= 0.3 is 0 Å². The van der Waals surface area contributed by atoms with E-state index in [2.05, 4.69) is 15.1 Å². The van der Waals surface area contributed by atoms with Gasteiger partial charge in [0, 0.05) is 25.4 Å². The van der Waals surface area contributed by atoms with Gasteiger partial charge in [0.1, 0.15) is 5.75 Å². The smallest absolute Gasteiger partial charge is 0.262 e. The molecule has 2 aromatic heterocycles. The Labute approximate surface area is 175 Å². The first-order chi connectivity index (χ1) is 14.5. The summed E-state index contributed by atoms with van der Waals surface area (Å²) in [5.74, 6) is 1.58. The Morgan fingerprint density at radius 3 is 2.63 bits per heavy atom. The monoisotopic (exact) mass is 429 g/mol. The fourth-order valence-electron chi connectivity index (χ4n) is 3.24. The number of sulfonamides is 1. The van der Waals surface area contributed by atoms with Crippen LogP contribution in [0, 0.1) is 0 Å². The molecule has 158 valence electrons. The molecule has 4 rings (SSSR count). The van der Waals surface area contributed by atoms with Crippen molar-refractivity contribution in [2.45, 2.75) is 30.8 Å². The topological polar surface area (TPSA) is 103 Å². The van der Waals surface area contributed by atoms with Gasteiger partial charge in [-0.15, -0.1) is 0 Å². The molecule has 0 unspecified atom stereocenters. The molecule has 1 aliphatic rings. The molecule has 1 aliphatic heterocycles. The van der Waals surface area contributed by atoms with Crippen LogP contribution in [0.3, 0.4) is 0 Å². The van der Waals surface area contributed by atoms with Gasteiger partial charge in [-0.25, -0.2) is 13.4 Å². The summed E-state index contributed by atoms with van der Waals surface area (Å²) < 4.78 is 38.9. The van der Waals surface area contributed by atoms with Gasteiger partial charge in [-0.2, -0.15) is 9.29 Å². The van der Waals surface area contributed by atoms with E-state index in [-0.39, 0.29) is 11.6 Å². The molecule has 0 radical (unpaired) electrons. The molecule has 1 aromatic carbocycles. The second kappa shape index (κ2) is 8.80. The van der Waals surface area contributed by atoms with Crippen molar-refractivity contribution in [2.24, 2.45) is 0 Å². The summed E-state index contributed by atoms with van der Waals surface area (Å²) in [5, 5.41) is 4.00. The lowest BCUT2D eigenvalue weighted by Gasteiger charge is -2.24. The van der Waals surface area contributed by atoms with Crippen molar-refractivity contribution < 1.29 is 17.7 Å². The van der Waals surface area contributed by atoms with Crippen LogP contribution in [0.1, 0.15) is 36.5 Å². The largest absolute Gasteiger partial charge is 0.497 e. The Hall–Kier alpha value is -2.98. The third-order valence-corrected chi connectivity index (χ3v) is 6.66. The molecule has 0 bridgehead atoms. The van der Waals surface area contributed by atoms with Crippen molar-refractivity contribution in [3.63, 3.8) is 0 Å². The normalized spacial score (nSPS) is 15.6. The molecular formula is C20H23N5O4S. The molecule has 3 aromatic rings. The third kappa shape index (κ3) is 4.60. The second-order valence-electron chi connectivity index (χ2n) is 7.00. The molecule has 1 saturated heterocycles. The number of rotatable bonds is 7. The van der Waals surface area contributed by atoms with Crippen LogP contribution in [0.2, 0.25) is 0 Å². The number of nitrogens with zero attached hydrogens (tertiary/aromatic N) is 5. The molecule has 0 spiro atoms. The fourth-order valence-corrected chi connectivity index (χ4v) is 4.69. The standard InChI is InChI=1S/C20H23N5O4S/c1-28-17-8-5-16(6-9-17)7-10-19-22-18(23-29-19)13-24-14-20(21-15-24)30(26,27)25-11-3-2-4-12-25/h5-10,14-15H,2-4,11-13H2,1H3. The van der Waals surface area contributed by atoms with E-state index in [9.17, 15) is 8.42 Å². The summed E-state index contributed by atoms with van der Waals surface area (Å²) in [4.78, 5) is 8.40. The van der Waals surface area contributed by atoms with E-state index in [1.807, 2.05) is 30.3 Å². The van der Waals surface area contributed by atoms with Crippen molar-refractivity contribution >= 4 is 22.2 Å². The minimum absolute atomic E-state index is 0.0486. The molecule has 10 heteroatoms. The Kier molecular flexibility index (Phi) is 5.96. The SMILES string of the molecule is COc1ccc(C=Cc2nc(Cn3cnc(S(=O)(=O)N4CCCCC4)c3)no2)cc1. The molecule has 9 nitrogen and oxygen atoms in total. The molecule has 0 aliphatic carbocycles. The summed E-state index contributed by atoms with van der Waals surface area (Å²) in [6.45, 7) is 1.36. The van der Waals surface area contributed by atoms with Crippen LogP contribution in [0.25, 0.3) is 12.2 Å². The first-order valence-electron chi connectivity index (χ1n) is 9.71. The maximum atomic E-state index is 12.7. The van der Waals surface area contributed by atoms with Gasteiger partial charge < -0.3 is 13.8 Å². The van der Waals surface area contributed by atoms with Crippen molar-refractivity contribution in [2.75, 3.05) is 20.2 Å². The Bertz CT molecular complexity index is 1110. The van der Waals surface area contributed by atoms with Gasteiger partial charge in [-0.05, 0) is 36.6 Å². The number of ether oxygens (including phenoxy) is 1. The van der Waals surface area contributed by atoms with Gasteiger partial charge in [0.15, 0.2) is 10.9 Å². The molecule has 0 atom stereocenters. The minimum atomic E-state index is -3.56. The highest BCUT2D eigenvalue weighted by Crippen LogP contribution is 2.19. The highest BCUT2D eigenvalue weighted by molar-refractivity contribution is 7.89. The first-order valence-corrected chi connectivity index (χ1v) is 11.2. The van der Waals surface area contributed by atoms with Crippen LogP contribution in [-0.4, -0.2) is 52.6 Å².